The predicted molar refractivity (Wildman–Crippen MR) is 83.2 cm³/mol. The van der Waals surface area contributed by atoms with Gasteiger partial charge in [0, 0.05) is 12.1 Å². The van der Waals surface area contributed by atoms with Crippen LogP contribution in [0.4, 0.5) is 4.79 Å². The Bertz CT molecular complexity index is 363. The van der Waals surface area contributed by atoms with E-state index in [0.29, 0.717) is 0 Å². The molecule has 3 atom stereocenters. The monoisotopic (exact) mass is 298 g/mol. The number of aliphatic carboxylic acids is 1. The van der Waals surface area contributed by atoms with Gasteiger partial charge in [-0.05, 0) is 30.6 Å². The number of urea groups is 1. The van der Waals surface area contributed by atoms with E-state index in [1.54, 1.807) is 0 Å². The van der Waals surface area contributed by atoms with Gasteiger partial charge in [-0.25, -0.2) is 4.79 Å². The average Bonchev–Trinajstić information content (AvgIpc) is 2.52. The number of carboxylic acid groups (broad SMARTS) is 1. The van der Waals surface area contributed by atoms with Crippen LogP contribution >= 0.6 is 0 Å². The van der Waals surface area contributed by atoms with Crippen molar-refractivity contribution < 1.29 is 14.7 Å². The van der Waals surface area contributed by atoms with Gasteiger partial charge in [-0.2, -0.15) is 0 Å². The van der Waals surface area contributed by atoms with Crippen molar-refractivity contribution in [2.75, 3.05) is 0 Å². The number of nitrogens with one attached hydrogen (secondary N) is 2. The van der Waals surface area contributed by atoms with Gasteiger partial charge in [0.1, 0.15) is 0 Å². The predicted octanol–water partition coefficient (Wildman–Crippen LogP) is 3.14. The first-order valence-corrected chi connectivity index (χ1v) is 7.97. The fraction of sp³-hybridized carbons (Fsp3) is 0.875. The van der Waals surface area contributed by atoms with E-state index in [1.165, 1.54) is 6.42 Å². The summed E-state index contributed by atoms with van der Waals surface area (Å²) in [4.78, 5) is 23.1. The Hall–Kier alpha value is -1.26. The number of carbonyl (C=O) groups excluding carboxylic acids is 1. The van der Waals surface area contributed by atoms with Crippen LogP contribution in [0.2, 0.25) is 0 Å². The molecule has 3 unspecified atom stereocenters. The molecule has 2 amide bonds. The van der Waals surface area contributed by atoms with E-state index in [0.717, 1.165) is 31.6 Å². The second-order valence-electron chi connectivity index (χ2n) is 7.44. The number of hydrogen-bond acceptors (Lipinski definition) is 2. The number of hydrogen-bond donors (Lipinski definition) is 3. The molecule has 0 aromatic carbocycles. The second kappa shape index (κ2) is 7.66. The fourth-order valence-electron chi connectivity index (χ4n) is 2.77. The first kappa shape index (κ1) is 17.8. The molecule has 0 aromatic heterocycles. The summed E-state index contributed by atoms with van der Waals surface area (Å²) in [6.07, 6.45) is 5.47. The summed E-state index contributed by atoms with van der Waals surface area (Å²) in [7, 11) is 0. The van der Waals surface area contributed by atoms with Crippen LogP contribution in [-0.2, 0) is 4.79 Å². The van der Waals surface area contributed by atoms with E-state index in [9.17, 15) is 9.59 Å². The second-order valence-corrected chi connectivity index (χ2v) is 7.44. The molecule has 1 rings (SSSR count). The summed E-state index contributed by atoms with van der Waals surface area (Å²) in [6.45, 7) is 8.07. The quantitative estimate of drug-likeness (QED) is 0.698. The molecule has 1 aliphatic carbocycles. The van der Waals surface area contributed by atoms with E-state index < -0.39 is 5.97 Å². The van der Waals surface area contributed by atoms with Crippen molar-refractivity contribution in [1.82, 2.24) is 10.6 Å². The minimum Gasteiger partial charge on any atom is -0.481 e. The molecule has 5 nitrogen and oxygen atoms in total. The zero-order valence-electron chi connectivity index (χ0n) is 13.7. The lowest BCUT2D eigenvalue weighted by atomic mass is 9.85. The molecule has 0 bridgehead atoms. The number of rotatable bonds is 4. The zero-order valence-corrected chi connectivity index (χ0v) is 13.7. The average molecular weight is 298 g/mol. The van der Waals surface area contributed by atoms with Gasteiger partial charge >= 0.3 is 12.0 Å². The van der Waals surface area contributed by atoms with E-state index >= 15 is 0 Å². The molecule has 0 radical (unpaired) electrons. The van der Waals surface area contributed by atoms with E-state index in [4.69, 9.17) is 5.11 Å². The van der Waals surface area contributed by atoms with E-state index in [2.05, 4.69) is 17.6 Å². The van der Waals surface area contributed by atoms with Crippen LogP contribution in [0, 0.1) is 11.3 Å². The molecule has 5 heteroatoms. The van der Waals surface area contributed by atoms with Gasteiger partial charge in [-0.1, -0.05) is 40.5 Å². The summed E-state index contributed by atoms with van der Waals surface area (Å²) in [5, 5.41) is 14.8. The third-order valence-corrected chi connectivity index (χ3v) is 4.32. The molecular formula is C16H30N2O3. The Morgan fingerprint density at radius 1 is 1.19 bits per heavy atom. The highest BCUT2D eigenvalue weighted by Gasteiger charge is 2.29. The zero-order chi connectivity index (χ0) is 16.0. The van der Waals surface area contributed by atoms with Crippen LogP contribution in [0.25, 0.3) is 0 Å². The molecule has 3 N–H and O–H groups in total. The third-order valence-electron chi connectivity index (χ3n) is 4.32. The van der Waals surface area contributed by atoms with Gasteiger partial charge in [0.15, 0.2) is 0 Å². The lowest BCUT2D eigenvalue weighted by molar-refractivity contribution is -0.138. The van der Waals surface area contributed by atoms with Crippen molar-refractivity contribution in [2.24, 2.45) is 11.3 Å². The molecule has 1 aliphatic rings. The van der Waals surface area contributed by atoms with Gasteiger partial charge in [0.2, 0.25) is 0 Å². The molecule has 1 saturated carbocycles. The van der Waals surface area contributed by atoms with Crippen molar-refractivity contribution in [1.29, 1.82) is 0 Å². The molecular weight excluding hydrogens is 268 g/mol. The van der Waals surface area contributed by atoms with Crippen LogP contribution in [0.3, 0.4) is 0 Å². The minimum atomic E-state index is -0.890. The van der Waals surface area contributed by atoms with Crippen molar-refractivity contribution in [3.63, 3.8) is 0 Å². The largest absolute Gasteiger partial charge is 0.481 e. The topological polar surface area (TPSA) is 78.4 Å². The summed E-state index contributed by atoms with van der Waals surface area (Å²) in [5.41, 5.74) is -0.284. The molecule has 1 fully saturated rings. The third kappa shape index (κ3) is 6.82. The smallest absolute Gasteiger partial charge is 0.315 e. The van der Waals surface area contributed by atoms with E-state index in [1.807, 2.05) is 20.8 Å². The first-order valence-electron chi connectivity index (χ1n) is 7.97. The van der Waals surface area contributed by atoms with Gasteiger partial charge in [-0.3, -0.25) is 4.79 Å². The summed E-state index contributed by atoms with van der Waals surface area (Å²) in [6, 6.07) is -0.407. The van der Waals surface area contributed by atoms with E-state index in [-0.39, 0.29) is 30.0 Å². The number of carboxylic acids is 1. The van der Waals surface area contributed by atoms with Crippen LogP contribution in [0.1, 0.15) is 66.2 Å². The molecule has 21 heavy (non-hydrogen) atoms. The Morgan fingerprint density at radius 2 is 1.86 bits per heavy atom. The number of carbonyl (C=O) groups is 2. The van der Waals surface area contributed by atoms with Crippen molar-refractivity contribution in [3.05, 3.63) is 0 Å². The molecule has 122 valence electrons. The summed E-state index contributed by atoms with van der Waals surface area (Å²) in [5.74, 6) is -0.160. The van der Waals surface area contributed by atoms with Crippen LogP contribution in [0.15, 0.2) is 0 Å². The molecule has 0 spiro atoms. The van der Waals surface area contributed by atoms with Gasteiger partial charge in [-0.15, -0.1) is 0 Å². The maximum absolute atomic E-state index is 12.1. The molecule has 0 aliphatic heterocycles. The summed E-state index contributed by atoms with van der Waals surface area (Å²) < 4.78 is 0. The van der Waals surface area contributed by atoms with Gasteiger partial charge < -0.3 is 15.7 Å². The highest BCUT2D eigenvalue weighted by atomic mass is 16.4. The molecule has 0 heterocycles. The van der Waals surface area contributed by atoms with Gasteiger partial charge in [0.25, 0.3) is 0 Å². The first-order chi connectivity index (χ1) is 9.68. The molecule has 0 saturated heterocycles. The maximum atomic E-state index is 12.1. The lowest BCUT2D eigenvalue weighted by Gasteiger charge is -2.31. The van der Waals surface area contributed by atoms with Gasteiger partial charge in [0.05, 0.1) is 6.42 Å². The highest BCUT2D eigenvalue weighted by Crippen LogP contribution is 2.23. The standard InChI is InChI=1S/C16H30N2O3/c1-11-6-5-7-12(9-8-11)17-15(21)18-13(10-14(19)20)16(2,3)4/h11-13H,5-10H2,1-4H3,(H,19,20)(H2,17,18,21). The van der Waals surface area contributed by atoms with Crippen molar-refractivity contribution in [3.8, 4) is 0 Å². The van der Waals surface area contributed by atoms with Crippen molar-refractivity contribution >= 4 is 12.0 Å². The Balaban J connectivity index is 2.51. The van der Waals surface area contributed by atoms with Crippen LogP contribution < -0.4 is 10.6 Å². The van der Waals surface area contributed by atoms with Crippen LogP contribution in [0.5, 0.6) is 0 Å². The lowest BCUT2D eigenvalue weighted by Crippen LogP contribution is -2.51. The van der Waals surface area contributed by atoms with Crippen LogP contribution in [-0.4, -0.2) is 29.2 Å². The SMILES string of the molecule is CC1CCCC(NC(=O)NC(CC(=O)O)C(C)(C)C)CC1. The minimum absolute atomic E-state index is 0.0569. The normalized spacial score (nSPS) is 24.8. The summed E-state index contributed by atoms with van der Waals surface area (Å²) >= 11 is 0. The Kier molecular flexibility index (Phi) is 6.49. The number of amides is 2. The highest BCUT2D eigenvalue weighted by molar-refractivity contribution is 5.76. The molecule has 0 aromatic rings. The fourth-order valence-corrected chi connectivity index (χ4v) is 2.77. The van der Waals surface area contributed by atoms with Crippen molar-refractivity contribution in [2.45, 2.75) is 78.3 Å². The maximum Gasteiger partial charge on any atom is 0.315 e. The Morgan fingerprint density at radius 3 is 2.43 bits per heavy atom. The Labute approximate surface area is 127 Å².